The molecule has 1 aromatic carbocycles. The molecule has 0 unspecified atom stereocenters. The first-order valence-corrected chi connectivity index (χ1v) is 10.0. The van der Waals surface area contributed by atoms with Gasteiger partial charge in [0.05, 0.1) is 20.6 Å². The maximum absolute atomic E-state index is 12.9. The Morgan fingerprint density at radius 1 is 1.07 bits per heavy atom. The van der Waals surface area contributed by atoms with Crippen molar-refractivity contribution in [1.82, 2.24) is 14.9 Å². The average Bonchev–Trinajstić information content (AvgIpc) is 2.73. The summed E-state index contributed by atoms with van der Waals surface area (Å²) in [6.07, 6.45) is 0.296. The fourth-order valence-corrected chi connectivity index (χ4v) is 3.47. The highest BCUT2D eigenvalue weighted by Crippen LogP contribution is 2.25. The Labute approximate surface area is 172 Å². The minimum Gasteiger partial charge on any atom is -0.497 e. The molecule has 7 heteroatoms. The number of hydrogen-bond donors (Lipinski definition) is 0. The topological polar surface area (TPSA) is 67.8 Å². The molecule has 1 aromatic heterocycles. The number of aromatic nitrogens is 2. The van der Waals surface area contributed by atoms with E-state index in [0.717, 1.165) is 41.7 Å². The first-order valence-electron chi connectivity index (χ1n) is 10.0. The number of anilines is 1. The van der Waals surface area contributed by atoms with Gasteiger partial charge < -0.3 is 19.3 Å². The molecule has 1 fully saturated rings. The zero-order valence-corrected chi connectivity index (χ0v) is 17.9. The van der Waals surface area contributed by atoms with E-state index >= 15 is 0 Å². The number of carbonyl (C=O) groups excluding carboxylic acids is 1. The minimum atomic E-state index is 0.0953. The number of benzene rings is 1. The molecule has 0 spiro atoms. The molecule has 1 saturated heterocycles. The molecule has 0 bridgehead atoms. The van der Waals surface area contributed by atoms with Gasteiger partial charge in [0.2, 0.25) is 5.91 Å². The van der Waals surface area contributed by atoms with Crippen molar-refractivity contribution < 1.29 is 14.3 Å². The number of methoxy groups -OCH3 is 2. The van der Waals surface area contributed by atoms with E-state index in [9.17, 15) is 4.79 Å². The summed E-state index contributed by atoms with van der Waals surface area (Å²) in [6.45, 7) is 9.06. The van der Waals surface area contributed by atoms with Crippen LogP contribution < -0.4 is 14.4 Å². The van der Waals surface area contributed by atoms with Crippen LogP contribution in [0.1, 0.15) is 36.8 Å². The molecule has 2 aromatic rings. The van der Waals surface area contributed by atoms with E-state index in [2.05, 4.69) is 23.7 Å². The van der Waals surface area contributed by atoms with Gasteiger partial charge in [0.15, 0.2) is 0 Å². The molecule has 1 aliphatic rings. The first kappa shape index (κ1) is 20.9. The molecule has 0 radical (unpaired) electrons. The summed E-state index contributed by atoms with van der Waals surface area (Å²) in [4.78, 5) is 26.2. The fraction of sp³-hybridized carbons (Fsp3) is 0.500. The van der Waals surface area contributed by atoms with Crippen LogP contribution in [0.5, 0.6) is 11.5 Å². The number of nitrogens with zero attached hydrogens (tertiary/aromatic N) is 4. The van der Waals surface area contributed by atoms with Gasteiger partial charge in [-0.3, -0.25) is 4.79 Å². The van der Waals surface area contributed by atoms with Crippen molar-refractivity contribution in [3.63, 3.8) is 0 Å². The summed E-state index contributed by atoms with van der Waals surface area (Å²) in [5, 5.41) is 0. The van der Waals surface area contributed by atoms with E-state index in [0.29, 0.717) is 25.3 Å². The maximum Gasteiger partial charge on any atom is 0.227 e. The summed E-state index contributed by atoms with van der Waals surface area (Å²) in [5.41, 5.74) is 1.81. The zero-order valence-electron chi connectivity index (χ0n) is 17.9. The summed E-state index contributed by atoms with van der Waals surface area (Å²) < 4.78 is 10.7. The number of amides is 1. The molecule has 3 rings (SSSR count). The van der Waals surface area contributed by atoms with Crippen molar-refractivity contribution in [2.24, 2.45) is 0 Å². The normalized spacial score (nSPS) is 14.3. The smallest absolute Gasteiger partial charge is 0.227 e. The van der Waals surface area contributed by atoms with Crippen molar-refractivity contribution in [2.75, 3.05) is 45.3 Å². The summed E-state index contributed by atoms with van der Waals surface area (Å²) >= 11 is 0. The number of rotatable bonds is 6. The molecule has 1 aliphatic heterocycles. The Balaban J connectivity index is 1.65. The van der Waals surface area contributed by atoms with E-state index in [1.807, 2.05) is 36.1 Å². The molecule has 156 valence electrons. The van der Waals surface area contributed by atoms with Crippen molar-refractivity contribution in [2.45, 2.75) is 33.1 Å². The van der Waals surface area contributed by atoms with Crippen molar-refractivity contribution in [1.29, 1.82) is 0 Å². The van der Waals surface area contributed by atoms with E-state index in [-0.39, 0.29) is 11.8 Å². The lowest BCUT2D eigenvalue weighted by atomic mass is 10.1. The van der Waals surface area contributed by atoms with Crippen LogP contribution in [0.4, 0.5) is 5.82 Å². The SMILES string of the molecule is COc1ccc(OC)c(CC(=O)N2CCN(c3cc(C)nc(C(C)C)n3)CC2)c1. The van der Waals surface area contributed by atoms with Crippen molar-refractivity contribution in [3.8, 4) is 11.5 Å². The van der Waals surface area contributed by atoms with Crippen LogP contribution in [0, 0.1) is 6.92 Å². The predicted molar refractivity (Wildman–Crippen MR) is 113 cm³/mol. The van der Waals surface area contributed by atoms with Crippen LogP contribution in [-0.4, -0.2) is 61.2 Å². The summed E-state index contributed by atoms with van der Waals surface area (Å²) in [6, 6.07) is 7.55. The standard InChI is InChI=1S/C22H30N4O3/c1-15(2)22-23-16(3)12-20(24-22)25-8-10-26(11-9-25)21(27)14-17-13-18(28-4)6-7-19(17)29-5/h6-7,12-13,15H,8-11,14H2,1-5H3. The second-order valence-electron chi connectivity index (χ2n) is 7.60. The molecule has 29 heavy (non-hydrogen) atoms. The molecule has 0 N–H and O–H groups in total. The van der Waals surface area contributed by atoms with Crippen LogP contribution >= 0.6 is 0 Å². The van der Waals surface area contributed by atoms with Crippen LogP contribution in [0.15, 0.2) is 24.3 Å². The third-order valence-corrected chi connectivity index (χ3v) is 5.16. The fourth-order valence-electron chi connectivity index (χ4n) is 3.47. The van der Waals surface area contributed by atoms with Crippen molar-refractivity contribution in [3.05, 3.63) is 41.3 Å². The second-order valence-corrected chi connectivity index (χ2v) is 7.60. The largest absolute Gasteiger partial charge is 0.497 e. The van der Waals surface area contributed by atoms with Gasteiger partial charge in [-0.1, -0.05) is 13.8 Å². The monoisotopic (exact) mass is 398 g/mol. The first-order chi connectivity index (χ1) is 13.9. The van der Waals surface area contributed by atoms with Crippen LogP contribution in [0.3, 0.4) is 0 Å². The molecule has 0 saturated carbocycles. The van der Waals surface area contributed by atoms with Gasteiger partial charge >= 0.3 is 0 Å². The number of piperazine rings is 1. The highest BCUT2D eigenvalue weighted by atomic mass is 16.5. The lowest BCUT2D eigenvalue weighted by molar-refractivity contribution is -0.130. The third-order valence-electron chi connectivity index (χ3n) is 5.16. The highest BCUT2D eigenvalue weighted by Gasteiger charge is 2.23. The van der Waals surface area contributed by atoms with Gasteiger partial charge in [-0.2, -0.15) is 0 Å². The molecule has 7 nitrogen and oxygen atoms in total. The Morgan fingerprint density at radius 2 is 1.79 bits per heavy atom. The number of hydrogen-bond acceptors (Lipinski definition) is 6. The van der Waals surface area contributed by atoms with Crippen LogP contribution in [0.2, 0.25) is 0 Å². The van der Waals surface area contributed by atoms with Gasteiger partial charge in [0, 0.05) is 49.4 Å². The molecule has 2 heterocycles. The van der Waals surface area contributed by atoms with E-state index < -0.39 is 0 Å². The molecule has 0 atom stereocenters. The number of carbonyl (C=O) groups is 1. The maximum atomic E-state index is 12.9. The lowest BCUT2D eigenvalue weighted by Gasteiger charge is -2.35. The Bertz CT molecular complexity index is 861. The van der Waals surface area contributed by atoms with E-state index in [1.54, 1.807) is 14.2 Å². The van der Waals surface area contributed by atoms with Gasteiger partial charge in [0.1, 0.15) is 23.1 Å². The van der Waals surface area contributed by atoms with Crippen LogP contribution in [0.25, 0.3) is 0 Å². The van der Waals surface area contributed by atoms with Crippen molar-refractivity contribution >= 4 is 11.7 Å². The lowest BCUT2D eigenvalue weighted by Crippen LogP contribution is -2.49. The Hall–Kier alpha value is -2.83. The zero-order chi connectivity index (χ0) is 21.0. The van der Waals surface area contributed by atoms with Gasteiger partial charge in [-0.15, -0.1) is 0 Å². The summed E-state index contributed by atoms with van der Waals surface area (Å²) in [5.74, 6) is 3.62. The molecule has 1 amide bonds. The Kier molecular flexibility index (Phi) is 6.56. The van der Waals surface area contributed by atoms with Crippen LogP contribution in [-0.2, 0) is 11.2 Å². The van der Waals surface area contributed by atoms with Gasteiger partial charge in [-0.25, -0.2) is 9.97 Å². The average molecular weight is 399 g/mol. The van der Waals surface area contributed by atoms with Gasteiger partial charge in [-0.05, 0) is 25.1 Å². The number of aryl methyl sites for hydroxylation is 1. The quantitative estimate of drug-likeness (QED) is 0.745. The molecule has 0 aliphatic carbocycles. The predicted octanol–water partition coefficient (Wildman–Crippen LogP) is 2.82. The number of ether oxygens (including phenoxy) is 2. The molecular weight excluding hydrogens is 368 g/mol. The minimum absolute atomic E-state index is 0.0953. The third kappa shape index (κ3) is 4.96. The van der Waals surface area contributed by atoms with Gasteiger partial charge in [0.25, 0.3) is 0 Å². The Morgan fingerprint density at radius 3 is 2.41 bits per heavy atom. The second kappa shape index (κ2) is 9.11. The van der Waals surface area contributed by atoms with E-state index in [4.69, 9.17) is 14.5 Å². The molecular formula is C22H30N4O3. The van der Waals surface area contributed by atoms with E-state index in [1.165, 1.54) is 0 Å². The highest BCUT2D eigenvalue weighted by molar-refractivity contribution is 5.80. The summed E-state index contributed by atoms with van der Waals surface area (Å²) in [7, 11) is 3.23.